The summed E-state index contributed by atoms with van der Waals surface area (Å²) in [6, 6.07) is 26.6. The van der Waals surface area contributed by atoms with Crippen LogP contribution in [0.5, 0.6) is 0 Å². The van der Waals surface area contributed by atoms with Crippen molar-refractivity contribution in [2.24, 2.45) is 0 Å². The molecular weight excluding hydrogens is 466 g/mol. The average molecular weight is 482 g/mol. The summed E-state index contributed by atoms with van der Waals surface area (Å²) in [5, 5.41) is 20.1. The van der Waals surface area contributed by atoms with Gasteiger partial charge in [-0.3, -0.25) is 14.3 Å². The van der Waals surface area contributed by atoms with E-state index in [1.807, 2.05) is 65.2 Å². The van der Waals surface area contributed by atoms with Crippen molar-refractivity contribution >= 4 is 39.1 Å². The Labute approximate surface area is 210 Å². The summed E-state index contributed by atoms with van der Waals surface area (Å²) in [5.74, 6) is -0.211. The molecule has 0 spiro atoms. The highest BCUT2D eigenvalue weighted by Crippen LogP contribution is 2.41. The van der Waals surface area contributed by atoms with Gasteiger partial charge in [0.25, 0.3) is 0 Å². The predicted molar refractivity (Wildman–Crippen MR) is 139 cm³/mol. The number of thiazole rings is 1. The number of para-hydroxylation sites is 1. The highest BCUT2D eigenvalue weighted by Gasteiger charge is 2.32. The number of ketones is 1. The van der Waals surface area contributed by atoms with E-state index in [2.05, 4.69) is 4.98 Å². The smallest absolute Gasteiger partial charge is 0.194 e. The van der Waals surface area contributed by atoms with Crippen molar-refractivity contribution in [3.05, 3.63) is 113 Å². The fourth-order valence-electron chi connectivity index (χ4n) is 4.46. The molecule has 1 aliphatic carbocycles. The van der Waals surface area contributed by atoms with Gasteiger partial charge in [-0.1, -0.05) is 42.5 Å². The molecule has 36 heavy (non-hydrogen) atoms. The van der Waals surface area contributed by atoms with Gasteiger partial charge in [-0.15, -0.1) is 11.3 Å². The molecule has 0 bridgehead atoms. The largest absolute Gasteiger partial charge is 0.294 e. The number of aromatic nitrogens is 3. The molecule has 0 amide bonds. The molecule has 0 unspecified atom stereocenters. The fourth-order valence-corrected chi connectivity index (χ4v) is 5.45. The zero-order valence-electron chi connectivity index (χ0n) is 18.7. The van der Waals surface area contributed by atoms with E-state index >= 15 is 0 Å². The van der Waals surface area contributed by atoms with E-state index < -0.39 is 0 Å². The summed E-state index contributed by atoms with van der Waals surface area (Å²) in [6.07, 6.45) is 5.27. The molecule has 0 radical (unpaired) electrons. The number of nitrogens with zero attached hydrogens (tertiary/aromatic N) is 5. The van der Waals surface area contributed by atoms with Crippen molar-refractivity contribution in [2.45, 2.75) is 0 Å². The van der Waals surface area contributed by atoms with Crippen LogP contribution in [0.4, 0.5) is 0 Å². The maximum atomic E-state index is 13.4. The third kappa shape index (κ3) is 3.35. The van der Waals surface area contributed by atoms with Crippen molar-refractivity contribution in [1.82, 2.24) is 14.5 Å². The lowest BCUT2D eigenvalue weighted by Crippen LogP contribution is -2.00. The number of carbonyl (C=O) groups excluding carboxylic acids is 1. The Hall–Kier alpha value is -5.11. The lowest BCUT2D eigenvalue weighted by molar-refractivity contribution is 0.104. The SMILES string of the molecule is N#CC(C#N)=C1/C(=C/c2cc3sc(-c4cccnc4)nc3n2-c2ccccc2)C(=O)c2ccccc21. The Morgan fingerprint density at radius 2 is 1.69 bits per heavy atom. The predicted octanol–water partition coefficient (Wildman–Crippen LogP) is 6.23. The molecular formula is C29H15N5OS. The van der Waals surface area contributed by atoms with Gasteiger partial charge < -0.3 is 0 Å². The minimum absolute atomic E-state index is 0.0869. The zero-order valence-corrected chi connectivity index (χ0v) is 19.5. The molecule has 0 aliphatic heterocycles. The summed E-state index contributed by atoms with van der Waals surface area (Å²) >= 11 is 1.54. The number of rotatable bonds is 3. The maximum Gasteiger partial charge on any atom is 0.194 e. The first-order valence-corrected chi connectivity index (χ1v) is 11.9. The van der Waals surface area contributed by atoms with Crippen LogP contribution in [0.15, 0.2) is 96.3 Å². The molecule has 2 aromatic carbocycles. The van der Waals surface area contributed by atoms with Gasteiger partial charge >= 0.3 is 0 Å². The van der Waals surface area contributed by atoms with E-state index in [0.29, 0.717) is 22.3 Å². The van der Waals surface area contributed by atoms with E-state index in [1.54, 1.807) is 42.7 Å². The first kappa shape index (κ1) is 21.4. The maximum absolute atomic E-state index is 13.4. The van der Waals surface area contributed by atoms with Gasteiger partial charge in [0.2, 0.25) is 0 Å². The molecule has 0 saturated carbocycles. The second-order valence-electron chi connectivity index (χ2n) is 8.10. The standard InChI is InChI=1S/C29H15N5OS/c30-15-19(16-31)26-22-10-4-5-11-23(22)27(35)24(26)13-21-14-25-28(34(21)20-8-2-1-3-9-20)33-29(36-25)18-7-6-12-32-17-18/h1-14,17H/b24-13-. The van der Waals surface area contributed by atoms with Crippen LogP contribution < -0.4 is 0 Å². The van der Waals surface area contributed by atoms with E-state index in [1.165, 1.54) is 11.3 Å². The topological polar surface area (TPSA) is 95.4 Å². The summed E-state index contributed by atoms with van der Waals surface area (Å²) in [5.41, 5.74) is 4.99. The van der Waals surface area contributed by atoms with E-state index in [9.17, 15) is 15.3 Å². The van der Waals surface area contributed by atoms with Crippen LogP contribution in [-0.4, -0.2) is 20.3 Å². The quantitative estimate of drug-likeness (QED) is 0.225. The molecule has 3 aromatic heterocycles. The summed E-state index contributed by atoms with van der Waals surface area (Å²) in [7, 11) is 0. The molecule has 0 fully saturated rings. The van der Waals surface area contributed by atoms with Gasteiger partial charge in [-0.2, -0.15) is 10.5 Å². The summed E-state index contributed by atoms with van der Waals surface area (Å²) in [4.78, 5) is 22.6. The van der Waals surface area contributed by atoms with E-state index in [-0.39, 0.29) is 11.4 Å². The first-order valence-electron chi connectivity index (χ1n) is 11.1. The van der Waals surface area contributed by atoms with Gasteiger partial charge in [0.1, 0.15) is 22.7 Å². The van der Waals surface area contributed by atoms with Crippen molar-refractivity contribution in [3.8, 4) is 28.4 Å². The molecule has 168 valence electrons. The van der Waals surface area contributed by atoms with Gasteiger partial charge in [-0.05, 0) is 42.0 Å². The Morgan fingerprint density at radius 1 is 0.944 bits per heavy atom. The van der Waals surface area contributed by atoms with Crippen LogP contribution in [0.3, 0.4) is 0 Å². The Morgan fingerprint density at radius 3 is 2.42 bits per heavy atom. The Bertz CT molecular complexity index is 1800. The number of pyridine rings is 1. The Kier molecular flexibility index (Phi) is 5.11. The second kappa shape index (κ2) is 8.59. The first-order chi connectivity index (χ1) is 17.7. The summed E-state index contributed by atoms with van der Waals surface area (Å²) in [6.45, 7) is 0. The molecule has 6 rings (SSSR count). The second-order valence-corrected chi connectivity index (χ2v) is 9.13. The molecule has 5 aromatic rings. The van der Waals surface area contributed by atoms with Gasteiger partial charge in [0.15, 0.2) is 11.4 Å². The number of allylic oxidation sites excluding steroid dienone is 3. The van der Waals surface area contributed by atoms with Crippen molar-refractivity contribution < 1.29 is 4.79 Å². The molecule has 0 N–H and O–H groups in total. The number of nitriles is 2. The number of carbonyl (C=O) groups is 1. The lowest BCUT2D eigenvalue weighted by Gasteiger charge is -2.09. The normalized spacial score (nSPS) is 13.6. The van der Waals surface area contributed by atoms with Crippen molar-refractivity contribution in [1.29, 1.82) is 10.5 Å². The van der Waals surface area contributed by atoms with Crippen LogP contribution >= 0.6 is 11.3 Å². The summed E-state index contributed by atoms with van der Waals surface area (Å²) < 4.78 is 2.93. The highest BCUT2D eigenvalue weighted by atomic mass is 32.1. The fraction of sp³-hybridized carbons (Fsp3) is 0. The minimum atomic E-state index is -0.211. The third-order valence-corrected chi connectivity index (χ3v) is 7.07. The molecule has 1 aliphatic rings. The number of hydrogen-bond donors (Lipinski definition) is 0. The molecule has 6 nitrogen and oxygen atoms in total. The van der Waals surface area contributed by atoms with E-state index in [0.717, 1.165) is 32.3 Å². The van der Waals surface area contributed by atoms with Crippen molar-refractivity contribution in [3.63, 3.8) is 0 Å². The average Bonchev–Trinajstić information content (AvgIpc) is 3.57. The number of benzene rings is 2. The number of fused-ring (bicyclic) bond motifs is 2. The zero-order chi connectivity index (χ0) is 24.6. The van der Waals surface area contributed by atoms with Crippen LogP contribution in [0.1, 0.15) is 21.6 Å². The molecule has 3 heterocycles. The molecule has 7 heteroatoms. The van der Waals surface area contributed by atoms with Crippen LogP contribution in [0.25, 0.3) is 38.3 Å². The van der Waals surface area contributed by atoms with Crippen LogP contribution in [0, 0.1) is 22.7 Å². The monoisotopic (exact) mass is 481 g/mol. The van der Waals surface area contributed by atoms with Gasteiger partial charge in [-0.25, -0.2) is 4.98 Å². The van der Waals surface area contributed by atoms with Gasteiger partial charge in [0, 0.05) is 46.0 Å². The number of Topliss-reactive ketones (excluding diaryl/α,β-unsaturated/α-hetero) is 1. The molecule has 0 saturated heterocycles. The minimum Gasteiger partial charge on any atom is -0.294 e. The van der Waals surface area contributed by atoms with Crippen LogP contribution in [0.2, 0.25) is 0 Å². The Balaban J connectivity index is 1.61. The van der Waals surface area contributed by atoms with Crippen LogP contribution in [-0.2, 0) is 0 Å². The highest BCUT2D eigenvalue weighted by molar-refractivity contribution is 7.21. The third-order valence-electron chi connectivity index (χ3n) is 6.03. The lowest BCUT2D eigenvalue weighted by atomic mass is 9.99. The van der Waals surface area contributed by atoms with Gasteiger partial charge in [0.05, 0.1) is 4.70 Å². The number of hydrogen-bond acceptors (Lipinski definition) is 6. The van der Waals surface area contributed by atoms with Crippen molar-refractivity contribution in [2.75, 3.05) is 0 Å². The molecule has 0 atom stereocenters. The van der Waals surface area contributed by atoms with E-state index in [4.69, 9.17) is 4.98 Å².